The molecule has 0 aromatic heterocycles. The zero-order valence-electron chi connectivity index (χ0n) is 9.96. The highest BCUT2D eigenvalue weighted by Gasteiger charge is 2.04. The Hall–Kier alpha value is -0.740. The van der Waals surface area contributed by atoms with Gasteiger partial charge in [-0.25, -0.2) is 0 Å². The van der Waals surface area contributed by atoms with E-state index in [1.54, 1.807) is 24.3 Å². The summed E-state index contributed by atoms with van der Waals surface area (Å²) in [4.78, 5) is 0. The first-order valence-electron chi connectivity index (χ1n) is 5.68. The van der Waals surface area contributed by atoms with Crippen LogP contribution in [0.1, 0.15) is 11.1 Å². The molecule has 2 rings (SSSR count). The van der Waals surface area contributed by atoms with E-state index in [1.165, 1.54) is 0 Å². The molecule has 0 atom stereocenters. The van der Waals surface area contributed by atoms with E-state index in [1.807, 2.05) is 12.1 Å². The summed E-state index contributed by atoms with van der Waals surface area (Å²) >= 11 is 15.3. The lowest BCUT2D eigenvalue weighted by Crippen LogP contribution is -2.13. The van der Waals surface area contributed by atoms with Gasteiger partial charge in [0.05, 0.1) is 0 Å². The molecule has 0 radical (unpaired) electrons. The number of benzene rings is 2. The highest BCUT2D eigenvalue weighted by atomic mass is 79.9. The number of hydrogen-bond donors (Lipinski definition) is 2. The van der Waals surface area contributed by atoms with Crippen LogP contribution >= 0.6 is 39.1 Å². The highest BCUT2D eigenvalue weighted by Crippen LogP contribution is 2.23. The minimum atomic E-state index is 0.276. The van der Waals surface area contributed by atoms with E-state index in [2.05, 4.69) is 21.2 Å². The third-order valence-electron chi connectivity index (χ3n) is 2.69. The lowest BCUT2D eigenvalue weighted by Gasteiger charge is -2.09. The molecule has 0 aliphatic rings. The summed E-state index contributed by atoms with van der Waals surface area (Å²) in [6, 6.07) is 10.8. The second kappa shape index (κ2) is 6.62. The monoisotopic (exact) mass is 359 g/mol. The van der Waals surface area contributed by atoms with Crippen molar-refractivity contribution in [1.29, 1.82) is 0 Å². The molecule has 2 aromatic carbocycles. The van der Waals surface area contributed by atoms with Crippen LogP contribution in [0.3, 0.4) is 0 Å². The Kier molecular flexibility index (Phi) is 5.11. The van der Waals surface area contributed by atoms with Gasteiger partial charge in [-0.15, -0.1) is 0 Å². The van der Waals surface area contributed by atoms with Crippen LogP contribution in [-0.4, -0.2) is 5.11 Å². The maximum atomic E-state index is 9.72. The van der Waals surface area contributed by atoms with Crippen LogP contribution in [0.15, 0.2) is 40.9 Å². The molecule has 5 heteroatoms. The van der Waals surface area contributed by atoms with Crippen LogP contribution in [0.2, 0.25) is 10.0 Å². The van der Waals surface area contributed by atoms with Gasteiger partial charge >= 0.3 is 0 Å². The number of hydrogen-bond acceptors (Lipinski definition) is 2. The van der Waals surface area contributed by atoms with Gasteiger partial charge in [0, 0.05) is 33.2 Å². The number of halogens is 3. The van der Waals surface area contributed by atoms with E-state index in [-0.39, 0.29) is 5.75 Å². The number of nitrogens with one attached hydrogen (secondary N) is 1. The second-order valence-electron chi connectivity index (χ2n) is 4.11. The Labute approximate surface area is 130 Å². The van der Waals surface area contributed by atoms with Gasteiger partial charge < -0.3 is 10.4 Å². The van der Waals surface area contributed by atoms with Crippen molar-refractivity contribution in [3.05, 3.63) is 62.0 Å². The SMILES string of the molecule is Oc1ccc(Br)cc1CNCc1ccc(Cl)cc1Cl. The fourth-order valence-corrected chi connectivity index (χ4v) is 2.58. The van der Waals surface area contributed by atoms with Gasteiger partial charge in [0.25, 0.3) is 0 Å². The van der Waals surface area contributed by atoms with Crippen molar-refractivity contribution in [3.8, 4) is 5.75 Å². The number of aromatic hydroxyl groups is 1. The Bertz CT molecular complexity index is 590. The predicted octanol–water partition coefficient (Wildman–Crippen LogP) is 4.75. The molecule has 2 nitrogen and oxygen atoms in total. The van der Waals surface area contributed by atoms with Gasteiger partial charge in [-0.3, -0.25) is 0 Å². The van der Waals surface area contributed by atoms with Crippen LogP contribution in [0.5, 0.6) is 5.75 Å². The smallest absolute Gasteiger partial charge is 0.120 e. The molecule has 19 heavy (non-hydrogen) atoms. The zero-order valence-corrected chi connectivity index (χ0v) is 13.1. The normalized spacial score (nSPS) is 10.7. The van der Waals surface area contributed by atoms with Gasteiger partial charge in [0.15, 0.2) is 0 Å². The molecule has 0 aliphatic heterocycles. The van der Waals surface area contributed by atoms with Gasteiger partial charge in [0.2, 0.25) is 0 Å². The average molecular weight is 361 g/mol. The van der Waals surface area contributed by atoms with E-state index in [4.69, 9.17) is 23.2 Å². The van der Waals surface area contributed by atoms with Crippen LogP contribution in [0, 0.1) is 0 Å². The molecular formula is C14H12BrCl2NO. The van der Waals surface area contributed by atoms with Gasteiger partial charge in [-0.1, -0.05) is 45.2 Å². The Morgan fingerprint density at radius 1 is 1.00 bits per heavy atom. The Balaban J connectivity index is 1.98. The molecule has 0 bridgehead atoms. The van der Waals surface area contributed by atoms with Crippen molar-refractivity contribution in [2.45, 2.75) is 13.1 Å². The maximum Gasteiger partial charge on any atom is 0.120 e. The highest BCUT2D eigenvalue weighted by molar-refractivity contribution is 9.10. The van der Waals surface area contributed by atoms with Gasteiger partial charge in [0.1, 0.15) is 5.75 Å². The molecule has 100 valence electrons. The summed E-state index contributed by atoms with van der Waals surface area (Å²) in [5.74, 6) is 0.276. The van der Waals surface area contributed by atoms with Crippen LogP contribution < -0.4 is 5.32 Å². The largest absolute Gasteiger partial charge is 0.508 e. The number of rotatable bonds is 4. The standard InChI is InChI=1S/C14H12BrCl2NO/c15-11-2-4-14(19)10(5-11)8-18-7-9-1-3-12(16)6-13(9)17/h1-6,18-19H,7-8H2. The van der Waals surface area contributed by atoms with Crippen molar-refractivity contribution in [1.82, 2.24) is 5.32 Å². The van der Waals surface area contributed by atoms with Crippen LogP contribution in [0.25, 0.3) is 0 Å². The van der Waals surface area contributed by atoms with E-state index < -0.39 is 0 Å². The molecule has 2 N–H and O–H groups in total. The minimum absolute atomic E-state index is 0.276. The lowest BCUT2D eigenvalue weighted by molar-refractivity contribution is 0.464. The molecule has 0 spiro atoms. The van der Waals surface area contributed by atoms with E-state index in [9.17, 15) is 5.11 Å². The van der Waals surface area contributed by atoms with E-state index >= 15 is 0 Å². The van der Waals surface area contributed by atoms with Crippen LogP contribution in [-0.2, 0) is 13.1 Å². The molecule has 0 fully saturated rings. The van der Waals surface area contributed by atoms with Crippen LogP contribution in [0.4, 0.5) is 0 Å². The first kappa shape index (κ1) is 14.7. The second-order valence-corrected chi connectivity index (χ2v) is 5.87. The first-order valence-corrected chi connectivity index (χ1v) is 7.23. The number of phenols is 1. The van der Waals surface area contributed by atoms with E-state index in [0.29, 0.717) is 23.1 Å². The quantitative estimate of drug-likeness (QED) is 0.824. The third kappa shape index (κ3) is 4.11. The lowest BCUT2D eigenvalue weighted by atomic mass is 10.2. The fourth-order valence-electron chi connectivity index (χ4n) is 1.69. The van der Waals surface area contributed by atoms with Crippen molar-refractivity contribution in [3.63, 3.8) is 0 Å². The van der Waals surface area contributed by atoms with Crippen molar-refractivity contribution < 1.29 is 5.11 Å². The van der Waals surface area contributed by atoms with E-state index in [0.717, 1.165) is 15.6 Å². The average Bonchev–Trinajstić information content (AvgIpc) is 2.36. The molecule has 0 unspecified atom stereocenters. The topological polar surface area (TPSA) is 32.3 Å². The first-order chi connectivity index (χ1) is 9.06. The molecule has 0 aliphatic carbocycles. The summed E-state index contributed by atoms with van der Waals surface area (Å²) in [5, 5.41) is 14.2. The Morgan fingerprint density at radius 2 is 1.74 bits per heavy atom. The predicted molar refractivity (Wildman–Crippen MR) is 82.8 cm³/mol. The summed E-state index contributed by atoms with van der Waals surface area (Å²) in [6.07, 6.45) is 0. The summed E-state index contributed by atoms with van der Waals surface area (Å²) in [7, 11) is 0. The van der Waals surface area contributed by atoms with Crippen molar-refractivity contribution in [2.24, 2.45) is 0 Å². The zero-order chi connectivity index (χ0) is 13.8. The molecule has 0 heterocycles. The number of phenolic OH excluding ortho intramolecular Hbond substituents is 1. The maximum absolute atomic E-state index is 9.72. The Morgan fingerprint density at radius 3 is 2.47 bits per heavy atom. The molecule has 0 saturated carbocycles. The fraction of sp³-hybridized carbons (Fsp3) is 0.143. The van der Waals surface area contributed by atoms with Gasteiger partial charge in [-0.05, 0) is 35.9 Å². The van der Waals surface area contributed by atoms with Crippen molar-refractivity contribution >= 4 is 39.1 Å². The molecule has 0 amide bonds. The molecule has 2 aromatic rings. The molecular weight excluding hydrogens is 349 g/mol. The van der Waals surface area contributed by atoms with Crippen molar-refractivity contribution in [2.75, 3.05) is 0 Å². The summed E-state index contributed by atoms with van der Waals surface area (Å²) < 4.78 is 0.937. The minimum Gasteiger partial charge on any atom is -0.508 e. The summed E-state index contributed by atoms with van der Waals surface area (Å²) in [5.41, 5.74) is 1.81. The summed E-state index contributed by atoms with van der Waals surface area (Å²) in [6.45, 7) is 1.17. The molecule has 0 saturated heterocycles. The third-order valence-corrected chi connectivity index (χ3v) is 3.77. The van der Waals surface area contributed by atoms with Gasteiger partial charge in [-0.2, -0.15) is 0 Å².